The molecule has 0 N–H and O–H groups in total. The lowest BCUT2D eigenvalue weighted by molar-refractivity contribution is 0.102. The molecule has 0 amide bonds. The summed E-state index contributed by atoms with van der Waals surface area (Å²) in [6.45, 7) is 4.04. The van der Waals surface area contributed by atoms with Crippen LogP contribution in [-0.2, 0) is 0 Å². The number of hydrogen-bond acceptors (Lipinski definition) is 6. The average molecular weight is 379 g/mol. The number of nitrogens with zero attached hydrogens (tertiary/aromatic N) is 2. The van der Waals surface area contributed by atoms with Crippen molar-refractivity contribution in [1.29, 1.82) is 0 Å². The number of benzene rings is 1. The minimum atomic E-state index is 0.136. The van der Waals surface area contributed by atoms with E-state index in [1.807, 2.05) is 50.2 Å². The molecule has 0 saturated heterocycles. The molecule has 0 radical (unpaired) electrons. The molecule has 0 aliphatic rings. The highest BCUT2D eigenvalue weighted by Gasteiger charge is 2.12. The fraction of sp³-hybridized carbons (Fsp3) is 0.188. The highest BCUT2D eigenvalue weighted by atomic mass is 32.2. The van der Waals surface area contributed by atoms with Crippen LogP contribution in [0.25, 0.3) is 5.69 Å². The van der Waals surface area contributed by atoms with Gasteiger partial charge in [0, 0.05) is 4.88 Å². The molecule has 0 atom stereocenters. The second-order valence-electron chi connectivity index (χ2n) is 4.95. The molecule has 1 aromatic carbocycles. The third kappa shape index (κ3) is 3.80. The number of carbonyl (C=O) groups excluding carboxylic acids is 1. The average Bonchev–Trinajstić information content (AvgIpc) is 3.11. The Hall–Kier alpha value is -1.28. The van der Waals surface area contributed by atoms with E-state index in [1.165, 1.54) is 34.4 Å². The number of para-hydroxylation sites is 1. The summed E-state index contributed by atoms with van der Waals surface area (Å²) in [5.41, 5.74) is 2.11. The van der Waals surface area contributed by atoms with Gasteiger partial charge in [0.05, 0.1) is 16.3 Å². The van der Waals surface area contributed by atoms with Crippen LogP contribution in [0.1, 0.15) is 20.1 Å². The Morgan fingerprint density at radius 1 is 1.22 bits per heavy atom. The van der Waals surface area contributed by atoms with Crippen LogP contribution in [0.5, 0.6) is 0 Å². The van der Waals surface area contributed by atoms with Crippen LogP contribution in [0.2, 0.25) is 0 Å². The molecule has 3 rings (SSSR count). The first kappa shape index (κ1) is 16.6. The fourth-order valence-electron chi connectivity index (χ4n) is 2.06. The summed E-state index contributed by atoms with van der Waals surface area (Å²) in [7, 11) is 0. The Bertz CT molecular complexity index is 907. The molecular formula is C16H14N2OS4. The molecule has 0 bridgehead atoms. The van der Waals surface area contributed by atoms with E-state index in [0.717, 1.165) is 25.3 Å². The summed E-state index contributed by atoms with van der Waals surface area (Å²) in [6.07, 6.45) is 0. The van der Waals surface area contributed by atoms with Crippen molar-refractivity contribution >= 4 is 52.4 Å². The number of thiophene rings is 1. The summed E-state index contributed by atoms with van der Waals surface area (Å²) >= 11 is 9.83. The molecule has 2 heterocycles. The molecule has 0 aliphatic carbocycles. The topological polar surface area (TPSA) is 34.9 Å². The highest BCUT2D eigenvalue weighted by Crippen LogP contribution is 2.26. The van der Waals surface area contributed by atoms with E-state index < -0.39 is 0 Å². The first-order valence-electron chi connectivity index (χ1n) is 6.93. The zero-order chi connectivity index (χ0) is 16.4. The van der Waals surface area contributed by atoms with Crippen molar-refractivity contribution < 1.29 is 4.79 Å². The summed E-state index contributed by atoms with van der Waals surface area (Å²) in [5, 5.41) is 4.56. The maximum atomic E-state index is 12.2. The van der Waals surface area contributed by atoms with E-state index in [4.69, 9.17) is 12.2 Å². The number of Topliss-reactive ketones (excluding diaryl/α,β-unsaturated/α-hetero) is 1. The Morgan fingerprint density at radius 2 is 2.00 bits per heavy atom. The Morgan fingerprint density at radius 3 is 2.70 bits per heavy atom. The lowest BCUT2D eigenvalue weighted by atomic mass is 10.2. The largest absolute Gasteiger partial charge is 0.292 e. The second kappa shape index (κ2) is 7.09. The smallest absolute Gasteiger partial charge is 0.184 e. The molecule has 7 heteroatoms. The number of rotatable bonds is 5. The van der Waals surface area contributed by atoms with Gasteiger partial charge in [-0.2, -0.15) is 0 Å². The van der Waals surface area contributed by atoms with Gasteiger partial charge in [-0.3, -0.25) is 4.79 Å². The molecule has 23 heavy (non-hydrogen) atoms. The lowest BCUT2D eigenvalue weighted by Gasteiger charge is -2.03. The SMILES string of the molecule is Cc1ccc(C(=O)CSc2nn(-c3ccccc3C)c(=S)s2)s1. The van der Waals surface area contributed by atoms with Gasteiger partial charge in [0.25, 0.3) is 0 Å². The van der Waals surface area contributed by atoms with Gasteiger partial charge in [-0.05, 0) is 49.8 Å². The van der Waals surface area contributed by atoms with E-state index in [-0.39, 0.29) is 5.78 Å². The van der Waals surface area contributed by atoms with E-state index in [0.29, 0.717) is 9.71 Å². The Labute approximate surface area is 152 Å². The van der Waals surface area contributed by atoms with Gasteiger partial charge < -0.3 is 0 Å². The standard InChI is InChI=1S/C16H14N2OS4/c1-10-5-3-4-6-12(10)18-16(20)23-15(17-18)21-9-13(19)14-8-7-11(2)22-14/h3-8H,9H2,1-2H3. The van der Waals surface area contributed by atoms with Crippen molar-refractivity contribution in [3.05, 3.63) is 55.7 Å². The number of carbonyl (C=O) groups is 1. The fourth-order valence-corrected chi connectivity index (χ4v) is 5.18. The maximum Gasteiger partial charge on any atom is 0.184 e. The van der Waals surface area contributed by atoms with Crippen LogP contribution >= 0.6 is 46.7 Å². The zero-order valence-corrected chi connectivity index (χ0v) is 15.9. The van der Waals surface area contributed by atoms with Crippen LogP contribution < -0.4 is 0 Å². The molecule has 118 valence electrons. The van der Waals surface area contributed by atoms with Crippen LogP contribution in [0.4, 0.5) is 0 Å². The van der Waals surface area contributed by atoms with Crippen LogP contribution in [0.3, 0.4) is 0 Å². The summed E-state index contributed by atoms with van der Waals surface area (Å²) in [5.74, 6) is 0.521. The summed E-state index contributed by atoms with van der Waals surface area (Å²) in [6, 6.07) is 11.9. The minimum absolute atomic E-state index is 0.136. The van der Waals surface area contributed by atoms with Crippen molar-refractivity contribution in [3.63, 3.8) is 0 Å². The molecule has 2 aromatic heterocycles. The highest BCUT2D eigenvalue weighted by molar-refractivity contribution is 8.01. The first-order chi connectivity index (χ1) is 11.0. The predicted octanol–water partition coefficient (Wildman–Crippen LogP) is 5.32. The van der Waals surface area contributed by atoms with Gasteiger partial charge in [-0.25, -0.2) is 4.68 Å². The number of thioether (sulfide) groups is 1. The molecule has 0 spiro atoms. The number of ketones is 1. The molecule has 0 fully saturated rings. The first-order valence-corrected chi connectivity index (χ1v) is 9.96. The van der Waals surface area contributed by atoms with Gasteiger partial charge in [0.2, 0.25) is 0 Å². The van der Waals surface area contributed by atoms with E-state index in [1.54, 1.807) is 4.68 Å². The van der Waals surface area contributed by atoms with Crippen LogP contribution in [0.15, 0.2) is 40.7 Å². The van der Waals surface area contributed by atoms with Gasteiger partial charge in [0.1, 0.15) is 0 Å². The molecule has 3 aromatic rings. The van der Waals surface area contributed by atoms with Gasteiger partial charge in [0.15, 0.2) is 14.1 Å². The molecule has 3 nitrogen and oxygen atoms in total. The number of aromatic nitrogens is 2. The van der Waals surface area contributed by atoms with Gasteiger partial charge in [-0.15, -0.1) is 16.4 Å². The van der Waals surface area contributed by atoms with E-state index in [2.05, 4.69) is 5.10 Å². The van der Waals surface area contributed by atoms with E-state index in [9.17, 15) is 4.79 Å². The Balaban J connectivity index is 1.75. The van der Waals surface area contributed by atoms with Crippen molar-refractivity contribution in [3.8, 4) is 5.69 Å². The lowest BCUT2D eigenvalue weighted by Crippen LogP contribution is -2.01. The summed E-state index contributed by atoms with van der Waals surface area (Å²) in [4.78, 5) is 14.1. The minimum Gasteiger partial charge on any atom is -0.292 e. The second-order valence-corrected chi connectivity index (χ2v) is 9.09. The van der Waals surface area contributed by atoms with Crippen molar-refractivity contribution in [1.82, 2.24) is 9.78 Å². The molecule has 0 unspecified atom stereocenters. The van der Waals surface area contributed by atoms with Gasteiger partial charge in [-0.1, -0.05) is 41.3 Å². The molecular weight excluding hydrogens is 364 g/mol. The molecule has 0 aliphatic heterocycles. The van der Waals surface area contributed by atoms with Crippen LogP contribution in [-0.4, -0.2) is 21.3 Å². The third-order valence-electron chi connectivity index (χ3n) is 3.21. The molecule has 0 saturated carbocycles. The van der Waals surface area contributed by atoms with Crippen molar-refractivity contribution in [2.24, 2.45) is 0 Å². The van der Waals surface area contributed by atoms with E-state index >= 15 is 0 Å². The van der Waals surface area contributed by atoms with Crippen molar-refractivity contribution in [2.75, 3.05) is 5.75 Å². The monoisotopic (exact) mass is 378 g/mol. The normalized spacial score (nSPS) is 10.9. The Kier molecular flexibility index (Phi) is 5.11. The third-order valence-corrected chi connectivity index (χ3v) is 6.62. The quantitative estimate of drug-likeness (QED) is 0.342. The summed E-state index contributed by atoms with van der Waals surface area (Å²) < 4.78 is 3.29. The van der Waals surface area contributed by atoms with Crippen LogP contribution in [0, 0.1) is 17.8 Å². The maximum absolute atomic E-state index is 12.2. The van der Waals surface area contributed by atoms with Crippen molar-refractivity contribution in [2.45, 2.75) is 18.2 Å². The zero-order valence-electron chi connectivity index (χ0n) is 12.6. The predicted molar refractivity (Wildman–Crippen MR) is 101 cm³/mol. The van der Waals surface area contributed by atoms with Gasteiger partial charge >= 0.3 is 0 Å². The number of aryl methyl sites for hydroxylation is 2. The number of hydrogen-bond donors (Lipinski definition) is 0.